The van der Waals surface area contributed by atoms with Gasteiger partial charge in [-0.05, 0) is 68.1 Å². The molecule has 49 heavy (non-hydrogen) atoms. The first-order chi connectivity index (χ1) is 23.3. The number of hydrogen-bond acceptors (Lipinski definition) is 10. The van der Waals surface area contributed by atoms with E-state index in [-0.39, 0.29) is 24.1 Å². The van der Waals surface area contributed by atoms with Crippen molar-refractivity contribution in [1.82, 2.24) is 0 Å². The van der Waals surface area contributed by atoms with E-state index in [2.05, 4.69) is 29.7 Å². The molecule has 1 aliphatic heterocycles. The fraction of sp³-hybridized carbons (Fsp3) is 0.500. The Hall–Kier alpha value is -4.13. The molecule has 2 aromatic rings. The average molecular weight is 696 g/mol. The van der Waals surface area contributed by atoms with Gasteiger partial charge in [-0.3, -0.25) is 0 Å². The minimum atomic E-state index is -1.44. The van der Waals surface area contributed by atoms with Crippen LogP contribution in [-0.4, -0.2) is 77.8 Å². The van der Waals surface area contributed by atoms with E-state index in [1.165, 1.54) is 14.2 Å². The van der Waals surface area contributed by atoms with E-state index in [1.807, 2.05) is 18.2 Å². The molecule has 1 saturated heterocycles. The molecule has 0 N–H and O–H groups in total. The van der Waals surface area contributed by atoms with Gasteiger partial charge in [0.25, 0.3) is 0 Å². The summed E-state index contributed by atoms with van der Waals surface area (Å²) in [6, 6.07) is 12.6. The normalized spacial score (nSPS) is 18.5. The van der Waals surface area contributed by atoms with Gasteiger partial charge in [0, 0.05) is 32.2 Å². The van der Waals surface area contributed by atoms with E-state index in [4.69, 9.17) is 38.7 Å². The molecule has 1 aliphatic rings. The highest BCUT2D eigenvalue weighted by Crippen LogP contribution is 2.35. The van der Waals surface area contributed by atoms with E-state index >= 15 is 0 Å². The molecule has 0 bridgehead atoms. The van der Waals surface area contributed by atoms with E-state index in [9.17, 15) is 9.59 Å². The van der Waals surface area contributed by atoms with Gasteiger partial charge in [0.05, 0.1) is 25.4 Å². The molecule has 0 aromatic heterocycles. The fourth-order valence-corrected chi connectivity index (χ4v) is 5.73. The predicted octanol–water partition coefficient (Wildman–Crippen LogP) is 7.97. The van der Waals surface area contributed by atoms with Gasteiger partial charge < -0.3 is 33.2 Å². The SMILES string of the molecule is COCOc1cc(OC)cc(C=CC[C@@H]2OC(C)(C)OC2C(C=CC[C@H](C)N=[N+]=[N-])OC(=O)c2ccccc2)c1C(=O)OCC[Si](C)(C)C. The molecule has 0 amide bonds. The lowest BCUT2D eigenvalue weighted by Crippen LogP contribution is -2.37. The molecule has 3 rings (SSSR count). The summed E-state index contributed by atoms with van der Waals surface area (Å²) in [6.07, 6.45) is 5.92. The standard InChI is InChI=1S/C36H49N3O9Si/c1-25(38-39-37)14-12-18-29(46-34(40)26-15-10-9-11-16-26)33-30(47-36(2,3)48-33)19-13-17-27-22-28(43-5)23-31(45-24-42-4)32(27)35(41)44-20-21-49(6,7)8/h9-13,15-18,22-23,25,29-30,33H,14,19-21,24H2,1-8H3/t25-,29?,30-,33?/m0/s1. The summed E-state index contributed by atoms with van der Waals surface area (Å²) in [4.78, 5) is 29.5. The van der Waals surface area contributed by atoms with Gasteiger partial charge in [-0.2, -0.15) is 0 Å². The Morgan fingerprint density at radius 2 is 1.82 bits per heavy atom. The van der Waals surface area contributed by atoms with Gasteiger partial charge in [-0.15, -0.1) is 0 Å². The lowest BCUT2D eigenvalue weighted by molar-refractivity contribution is -0.152. The smallest absolute Gasteiger partial charge is 0.342 e. The number of ether oxygens (including phenoxy) is 7. The minimum absolute atomic E-state index is 0.0756. The number of esters is 2. The Morgan fingerprint density at radius 1 is 1.08 bits per heavy atom. The molecule has 0 radical (unpaired) electrons. The summed E-state index contributed by atoms with van der Waals surface area (Å²) in [7, 11) is 1.58. The zero-order chi connectivity index (χ0) is 36.0. The number of hydrogen-bond donors (Lipinski definition) is 0. The van der Waals surface area contributed by atoms with E-state index in [1.54, 1.807) is 69.3 Å². The van der Waals surface area contributed by atoms with Crippen molar-refractivity contribution in [1.29, 1.82) is 0 Å². The van der Waals surface area contributed by atoms with Crippen LogP contribution in [0.4, 0.5) is 0 Å². The van der Waals surface area contributed by atoms with E-state index in [0.29, 0.717) is 36.3 Å². The van der Waals surface area contributed by atoms with Gasteiger partial charge >= 0.3 is 11.9 Å². The van der Waals surface area contributed by atoms with Crippen molar-refractivity contribution in [3.05, 3.63) is 87.8 Å². The van der Waals surface area contributed by atoms with Crippen LogP contribution in [0.3, 0.4) is 0 Å². The molecule has 0 spiro atoms. The van der Waals surface area contributed by atoms with Crippen molar-refractivity contribution >= 4 is 26.1 Å². The van der Waals surface area contributed by atoms with Crippen molar-refractivity contribution in [2.45, 2.75) is 89.4 Å². The van der Waals surface area contributed by atoms with Crippen LogP contribution in [-0.2, 0) is 23.7 Å². The Balaban J connectivity index is 1.93. The quantitative estimate of drug-likeness (QED) is 0.0288. The molecule has 13 heteroatoms. The van der Waals surface area contributed by atoms with Gasteiger partial charge in [-0.25, -0.2) is 9.59 Å². The van der Waals surface area contributed by atoms with Gasteiger partial charge in [0.15, 0.2) is 12.6 Å². The number of methoxy groups -OCH3 is 2. The number of carbonyl (C=O) groups excluding carboxylic acids is 2. The minimum Gasteiger partial charge on any atom is -0.497 e. The Bertz CT molecular complexity index is 1500. The van der Waals surface area contributed by atoms with Crippen LogP contribution in [0, 0.1) is 0 Å². The maximum atomic E-state index is 13.5. The molecule has 1 heterocycles. The number of carbonyl (C=O) groups is 2. The Kier molecular flexibility index (Phi) is 14.9. The number of azide groups is 1. The maximum absolute atomic E-state index is 13.5. The van der Waals surface area contributed by atoms with Crippen LogP contribution in [0.15, 0.2) is 65.8 Å². The van der Waals surface area contributed by atoms with Crippen molar-refractivity contribution in [3.8, 4) is 11.5 Å². The molecule has 4 atom stereocenters. The molecular formula is C36H49N3O9Si. The third-order valence-corrected chi connectivity index (χ3v) is 9.18. The molecular weight excluding hydrogens is 646 g/mol. The van der Waals surface area contributed by atoms with E-state index < -0.39 is 44.1 Å². The molecule has 2 aromatic carbocycles. The zero-order valence-electron chi connectivity index (χ0n) is 29.7. The lowest BCUT2D eigenvalue weighted by atomic mass is 10.0. The number of benzene rings is 2. The molecule has 266 valence electrons. The molecule has 0 aliphatic carbocycles. The molecule has 12 nitrogen and oxygen atoms in total. The van der Waals surface area contributed by atoms with Gasteiger partial charge in [0.2, 0.25) is 0 Å². The second kappa shape index (κ2) is 18.6. The summed E-state index contributed by atoms with van der Waals surface area (Å²) in [6.45, 7) is 12.3. The van der Waals surface area contributed by atoms with Crippen molar-refractivity contribution < 1.29 is 42.7 Å². The summed E-state index contributed by atoms with van der Waals surface area (Å²) in [5.74, 6) is -1.25. The second-order valence-corrected chi connectivity index (χ2v) is 18.9. The number of rotatable bonds is 18. The zero-order valence-corrected chi connectivity index (χ0v) is 30.7. The first-order valence-electron chi connectivity index (χ1n) is 16.3. The third-order valence-electron chi connectivity index (χ3n) is 7.48. The highest BCUT2D eigenvalue weighted by atomic mass is 28.3. The third kappa shape index (κ3) is 12.7. The van der Waals surface area contributed by atoms with Crippen LogP contribution in [0.25, 0.3) is 16.5 Å². The summed E-state index contributed by atoms with van der Waals surface area (Å²) >= 11 is 0. The topological polar surface area (TPSA) is 148 Å². The summed E-state index contributed by atoms with van der Waals surface area (Å²) in [5, 5.41) is 3.72. The Labute approximate surface area is 289 Å². The first-order valence-corrected chi connectivity index (χ1v) is 20.0. The molecule has 2 unspecified atom stereocenters. The van der Waals surface area contributed by atoms with Crippen molar-refractivity contribution in [2.75, 3.05) is 27.6 Å². The van der Waals surface area contributed by atoms with E-state index in [0.717, 1.165) is 6.04 Å². The second-order valence-electron chi connectivity index (χ2n) is 13.3. The van der Waals surface area contributed by atoms with Crippen LogP contribution in [0.2, 0.25) is 25.7 Å². The Morgan fingerprint density at radius 3 is 2.47 bits per heavy atom. The van der Waals surface area contributed by atoms with Crippen LogP contribution < -0.4 is 9.47 Å². The maximum Gasteiger partial charge on any atom is 0.342 e. The van der Waals surface area contributed by atoms with Crippen LogP contribution in [0.5, 0.6) is 11.5 Å². The monoisotopic (exact) mass is 695 g/mol. The predicted molar refractivity (Wildman–Crippen MR) is 189 cm³/mol. The van der Waals surface area contributed by atoms with Gasteiger partial charge in [0.1, 0.15) is 29.3 Å². The largest absolute Gasteiger partial charge is 0.497 e. The van der Waals surface area contributed by atoms with Crippen LogP contribution >= 0.6 is 0 Å². The van der Waals surface area contributed by atoms with Crippen molar-refractivity contribution in [3.63, 3.8) is 0 Å². The van der Waals surface area contributed by atoms with Crippen molar-refractivity contribution in [2.24, 2.45) is 5.11 Å². The summed E-state index contributed by atoms with van der Waals surface area (Å²) in [5.41, 5.74) is 9.96. The van der Waals surface area contributed by atoms with Crippen LogP contribution in [0.1, 0.15) is 59.9 Å². The molecule has 1 fully saturated rings. The fourth-order valence-electron chi connectivity index (χ4n) is 5.02. The average Bonchev–Trinajstić information content (AvgIpc) is 3.36. The first kappa shape index (κ1) is 39.3. The summed E-state index contributed by atoms with van der Waals surface area (Å²) < 4.78 is 40.7. The highest BCUT2D eigenvalue weighted by Gasteiger charge is 2.45. The number of nitrogens with zero attached hydrogens (tertiary/aromatic N) is 3. The molecule has 0 saturated carbocycles. The highest BCUT2D eigenvalue weighted by molar-refractivity contribution is 6.76. The lowest BCUT2D eigenvalue weighted by Gasteiger charge is -2.24. The van der Waals surface area contributed by atoms with Gasteiger partial charge in [-0.1, -0.05) is 68.1 Å².